The van der Waals surface area contributed by atoms with Gasteiger partial charge in [0.25, 0.3) is 0 Å². The summed E-state index contributed by atoms with van der Waals surface area (Å²) < 4.78 is 0. The van der Waals surface area contributed by atoms with Gasteiger partial charge in [0, 0.05) is 6.04 Å². The van der Waals surface area contributed by atoms with Crippen LogP contribution >= 0.6 is 0 Å². The molecule has 0 radical (unpaired) electrons. The van der Waals surface area contributed by atoms with Gasteiger partial charge >= 0.3 is 0 Å². The largest absolute Gasteiger partial charge is 0.314 e. The van der Waals surface area contributed by atoms with Gasteiger partial charge in [0.05, 0.1) is 0 Å². The van der Waals surface area contributed by atoms with E-state index in [2.05, 4.69) is 24.3 Å². The predicted molar refractivity (Wildman–Crippen MR) is 88.1 cm³/mol. The first kappa shape index (κ1) is 16.3. The predicted octanol–water partition coefficient (Wildman–Crippen LogP) is 4.06. The molecule has 2 heteroatoms. The van der Waals surface area contributed by atoms with Crippen LogP contribution in [0.4, 0.5) is 0 Å². The van der Waals surface area contributed by atoms with Crippen molar-refractivity contribution >= 4 is 0 Å². The Balaban J connectivity index is 1.69. The van der Waals surface area contributed by atoms with Crippen molar-refractivity contribution < 1.29 is 0 Å². The summed E-state index contributed by atoms with van der Waals surface area (Å²) in [5.41, 5.74) is 0. The first-order chi connectivity index (χ1) is 9.77. The third-order valence-electron chi connectivity index (χ3n) is 5.51. The van der Waals surface area contributed by atoms with Crippen molar-refractivity contribution in [2.24, 2.45) is 11.8 Å². The Morgan fingerprint density at radius 1 is 0.850 bits per heavy atom. The molecule has 2 aliphatic carbocycles. The van der Waals surface area contributed by atoms with Crippen LogP contribution in [0, 0.1) is 11.8 Å². The van der Waals surface area contributed by atoms with E-state index in [4.69, 9.17) is 0 Å². The van der Waals surface area contributed by atoms with Crippen LogP contribution < -0.4 is 5.32 Å². The van der Waals surface area contributed by atoms with Gasteiger partial charge < -0.3 is 10.2 Å². The topological polar surface area (TPSA) is 15.3 Å². The van der Waals surface area contributed by atoms with Crippen molar-refractivity contribution in [2.45, 2.75) is 76.7 Å². The van der Waals surface area contributed by atoms with E-state index in [-0.39, 0.29) is 0 Å². The molecule has 0 aromatic carbocycles. The summed E-state index contributed by atoms with van der Waals surface area (Å²) in [7, 11) is 4.35. The van der Waals surface area contributed by atoms with E-state index in [0.29, 0.717) is 0 Å². The van der Waals surface area contributed by atoms with Crippen molar-refractivity contribution in [2.75, 3.05) is 27.2 Å². The van der Waals surface area contributed by atoms with Gasteiger partial charge in [0.15, 0.2) is 0 Å². The molecular weight excluding hydrogens is 244 g/mol. The monoisotopic (exact) mass is 280 g/mol. The number of rotatable bonds is 7. The Morgan fingerprint density at radius 3 is 2.30 bits per heavy atom. The highest BCUT2D eigenvalue weighted by molar-refractivity contribution is 4.86. The third kappa shape index (κ3) is 5.37. The van der Waals surface area contributed by atoms with E-state index in [0.717, 1.165) is 17.9 Å². The molecule has 0 bridgehead atoms. The molecule has 2 rings (SSSR count). The highest BCUT2D eigenvalue weighted by atomic mass is 15.0. The molecule has 1 N–H and O–H groups in total. The summed E-state index contributed by atoms with van der Waals surface area (Å²) in [6, 6.07) is 0.839. The number of hydrogen-bond donors (Lipinski definition) is 1. The maximum atomic E-state index is 3.92. The zero-order chi connectivity index (χ0) is 14.2. The molecule has 2 fully saturated rings. The summed E-state index contributed by atoms with van der Waals surface area (Å²) in [5.74, 6) is 2.04. The fourth-order valence-electron chi connectivity index (χ4n) is 4.38. The molecule has 2 aliphatic rings. The zero-order valence-corrected chi connectivity index (χ0v) is 13.9. The minimum atomic E-state index is 0.839. The van der Waals surface area contributed by atoms with Crippen LogP contribution in [0.1, 0.15) is 70.6 Å². The standard InChI is InChI=1S/C18H36N2/c1-20(2)15-9-8-14-19-18-13-7-6-12-17(18)16-10-4-3-5-11-16/h16-19H,3-15H2,1-2H3. The average Bonchev–Trinajstić information content (AvgIpc) is 2.48. The SMILES string of the molecule is CN(C)CCCCNC1CCCCC1C1CCCCC1. The number of nitrogens with zero attached hydrogens (tertiary/aromatic N) is 1. The number of unbranched alkanes of at least 4 members (excludes halogenated alkanes) is 1. The van der Waals surface area contributed by atoms with Crippen LogP contribution in [0.3, 0.4) is 0 Å². The van der Waals surface area contributed by atoms with Crippen molar-refractivity contribution in [3.8, 4) is 0 Å². The lowest BCUT2D eigenvalue weighted by Crippen LogP contribution is -2.42. The Kier molecular flexibility index (Phi) is 7.37. The van der Waals surface area contributed by atoms with Gasteiger partial charge in [-0.3, -0.25) is 0 Å². The maximum absolute atomic E-state index is 3.92. The van der Waals surface area contributed by atoms with Crippen LogP contribution in [-0.2, 0) is 0 Å². The third-order valence-corrected chi connectivity index (χ3v) is 5.51. The van der Waals surface area contributed by atoms with Crippen molar-refractivity contribution in [3.05, 3.63) is 0 Å². The van der Waals surface area contributed by atoms with Gasteiger partial charge in [-0.25, -0.2) is 0 Å². The molecule has 0 aromatic heterocycles. The van der Waals surface area contributed by atoms with E-state index in [1.165, 1.54) is 83.7 Å². The van der Waals surface area contributed by atoms with Crippen LogP contribution in [0.25, 0.3) is 0 Å². The maximum Gasteiger partial charge on any atom is 0.00979 e. The van der Waals surface area contributed by atoms with Crippen LogP contribution in [-0.4, -0.2) is 38.1 Å². The van der Waals surface area contributed by atoms with Crippen LogP contribution in [0.2, 0.25) is 0 Å². The fourth-order valence-corrected chi connectivity index (χ4v) is 4.38. The second kappa shape index (κ2) is 9.04. The number of nitrogens with one attached hydrogen (secondary N) is 1. The highest BCUT2D eigenvalue weighted by Gasteiger charge is 2.31. The average molecular weight is 280 g/mol. The minimum Gasteiger partial charge on any atom is -0.314 e. The molecule has 118 valence electrons. The smallest absolute Gasteiger partial charge is 0.00979 e. The summed E-state index contributed by atoms with van der Waals surface area (Å²) >= 11 is 0. The van der Waals surface area contributed by atoms with Crippen molar-refractivity contribution in [1.29, 1.82) is 0 Å². The lowest BCUT2D eigenvalue weighted by atomic mass is 9.71. The quantitative estimate of drug-likeness (QED) is 0.708. The van der Waals surface area contributed by atoms with Crippen molar-refractivity contribution in [3.63, 3.8) is 0 Å². The summed E-state index contributed by atoms with van der Waals surface area (Å²) in [5, 5.41) is 3.92. The molecule has 2 unspecified atom stereocenters. The minimum absolute atomic E-state index is 0.839. The van der Waals surface area contributed by atoms with Crippen LogP contribution in [0.5, 0.6) is 0 Å². The molecule has 0 amide bonds. The first-order valence-corrected chi connectivity index (χ1v) is 9.15. The van der Waals surface area contributed by atoms with E-state index in [1.807, 2.05) is 0 Å². The molecule has 0 saturated heterocycles. The molecule has 0 aromatic rings. The molecule has 2 atom stereocenters. The van der Waals surface area contributed by atoms with E-state index in [1.54, 1.807) is 0 Å². The van der Waals surface area contributed by atoms with E-state index < -0.39 is 0 Å². The summed E-state index contributed by atoms with van der Waals surface area (Å²) in [4.78, 5) is 2.30. The van der Waals surface area contributed by atoms with Crippen molar-refractivity contribution in [1.82, 2.24) is 10.2 Å². The van der Waals surface area contributed by atoms with Crippen LogP contribution in [0.15, 0.2) is 0 Å². The van der Waals surface area contributed by atoms with Gasteiger partial charge in [-0.05, 0) is 64.7 Å². The Morgan fingerprint density at radius 2 is 1.55 bits per heavy atom. The molecule has 0 spiro atoms. The lowest BCUT2D eigenvalue weighted by Gasteiger charge is -2.39. The Labute approximate surface area is 126 Å². The molecular formula is C18H36N2. The molecule has 2 saturated carbocycles. The second-order valence-electron chi connectivity index (χ2n) is 7.42. The fraction of sp³-hybridized carbons (Fsp3) is 1.00. The molecule has 0 heterocycles. The second-order valence-corrected chi connectivity index (χ2v) is 7.42. The van der Waals surface area contributed by atoms with Gasteiger partial charge in [0.2, 0.25) is 0 Å². The van der Waals surface area contributed by atoms with Gasteiger partial charge in [-0.1, -0.05) is 44.9 Å². The van der Waals surface area contributed by atoms with Gasteiger partial charge in [-0.15, -0.1) is 0 Å². The first-order valence-electron chi connectivity index (χ1n) is 9.15. The molecule has 20 heavy (non-hydrogen) atoms. The van der Waals surface area contributed by atoms with E-state index >= 15 is 0 Å². The highest BCUT2D eigenvalue weighted by Crippen LogP contribution is 2.38. The Hall–Kier alpha value is -0.0800. The van der Waals surface area contributed by atoms with Gasteiger partial charge in [-0.2, -0.15) is 0 Å². The number of hydrogen-bond acceptors (Lipinski definition) is 2. The summed E-state index contributed by atoms with van der Waals surface area (Å²) in [6.45, 7) is 2.47. The Bertz CT molecular complexity index is 246. The van der Waals surface area contributed by atoms with Gasteiger partial charge in [0.1, 0.15) is 0 Å². The summed E-state index contributed by atoms with van der Waals surface area (Å²) in [6.07, 6.45) is 16.1. The zero-order valence-electron chi connectivity index (χ0n) is 13.9. The molecule has 2 nitrogen and oxygen atoms in total. The normalized spacial score (nSPS) is 28.9. The molecule has 0 aliphatic heterocycles. The lowest BCUT2D eigenvalue weighted by molar-refractivity contribution is 0.150. The van der Waals surface area contributed by atoms with E-state index in [9.17, 15) is 0 Å².